The van der Waals surface area contributed by atoms with Crippen LogP contribution >= 0.6 is 11.6 Å². The summed E-state index contributed by atoms with van der Waals surface area (Å²) >= 11 is 5.89. The van der Waals surface area contributed by atoms with Gasteiger partial charge in [-0.3, -0.25) is 0 Å². The predicted molar refractivity (Wildman–Crippen MR) is 67.8 cm³/mol. The van der Waals surface area contributed by atoms with E-state index in [0.29, 0.717) is 23.6 Å². The van der Waals surface area contributed by atoms with E-state index in [0.717, 1.165) is 6.42 Å². The molecule has 1 aliphatic carbocycles. The number of aliphatic carboxylic acids is 1. The molecular weight excluding hydrogens is 256 g/mol. The Labute approximate surface area is 109 Å². The van der Waals surface area contributed by atoms with E-state index in [1.165, 1.54) is 0 Å². The van der Waals surface area contributed by atoms with E-state index in [-0.39, 0.29) is 0 Å². The molecule has 1 aromatic carbocycles. The number of benzene rings is 1. The van der Waals surface area contributed by atoms with E-state index in [1.807, 2.05) is 0 Å². The SMILES string of the molecule is O=C(Nc1ccccc1Cl)NC1(C(=O)O)CCC1. The number of hydrogen-bond acceptors (Lipinski definition) is 2. The van der Waals surface area contributed by atoms with Crippen LogP contribution < -0.4 is 10.6 Å². The van der Waals surface area contributed by atoms with Crippen molar-refractivity contribution in [2.75, 3.05) is 5.32 Å². The molecule has 1 fully saturated rings. The number of para-hydroxylation sites is 1. The van der Waals surface area contributed by atoms with Crippen LogP contribution in [-0.4, -0.2) is 22.6 Å². The van der Waals surface area contributed by atoms with Crippen LogP contribution in [0.3, 0.4) is 0 Å². The standard InChI is InChI=1S/C12H13ClN2O3/c13-8-4-1-2-5-9(8)14-11(18)15-12(10(16)17)6-3-7-12/h1-2,4-5H,3,6-7H2,(H,16,17)(H2,14,15,18). The van der Waals surface area contributed by atoms with Crippen LogP contribution in [0.1, 0.15) is 19.3 Å². The highest BCUT2D eigenvalue weighted by Gasteiger charge is 2.45. The summed E-state index contributed by atoms with van der Waals surface area (Å²) < 4.78 is 0. The smallest absolute Gasteiger partial charge is 0.329 e. The fraction of sp³-hybridized carbons (Fsp3) is 0.333. The van der Waals surface area contributed by atoms with Gasteiger partial charge in [0.1, 0.15) is 5.54 Å². The highest BCUT2D eigenvalue weighted by Crippen LogP contribution is 2.32. The first-order valence-corrected chi connectivity index (χ1v) is 5.98. The molecule has 1 aromatic rings. The molecule has 6 heteroatoms. The van der Waals surface area contributed by atoms with Crippen LogP contribution in [0, 0.1) is 0 Å². The van der Waals surface area contributed by atoms with Gasteiger partial charge in [-0.05, 0) is 31.4 Å². The van der Waals surface area contributed by atoms with Gasteiger partial charge in [0, 0.05) is 0 Å². The number of hydrogen-bond donors (Lipinski definition) is 3. The van der Waals surface area contributed by atoms with E-state index in [9.17, 15) is 9.59 Å². The van der Waals surface area contributed by atoms with Crippen molar-refractivity contribution < 1.29 is 14.7 Å². The van der Waals surface area contributed by atoms with Crippen LogP contribution in [-0.2, 0) is 4.79 Å². The van der Waals surface area contributed by atoms with Crippen molar-refractivity contribution in [2.24, 2.45) is 0 Å². The Hall–Kier alpha value is -1.75. The first-order valence-electron chi connectivity index (χ1n) is 5.61. The molecule has 96 valence electrons. The second-order valence-electron chi connectivity index (χ2n) is 4.30. The van der Waals surface area contributed by atoms with Crippen LogP contribution in [0.5, 0.6) is 0 Å². The van der Waals surface area contributed by atoms with Gasteiger partial charge < -0.3 is 15.7 Å². The van der Waals surface area contributed by atoms with Gasteiger partial charge in [-0.1, -0.05) is 23.7 Å². The summed E-state index contributed by atoms with van der Waals surface area (Å²) in [6.07, 6.45) is 1.72. The molecule has 1 aliphatic rings. The summed E-state index contributed by atoms with van der Waals surface area (Å²) in [4.78, 5) is 22.8. The van der Waals surface area contributed by atoms with Crippen molar-refractivity contribution in [1.82, 2.24) is 5.32 Å². The molecule has 0 bridgehead atoms. The largest absolute Gasteiger partial charge is 0.480 e. The molecule has 0 heterocycles. The van der Waals surface area contributed by atoms with Crippen molar-refractivity contribution in [1.29, 1.82) is 0 Å². The Balaban J connectivity index is 2.01. The van der Waals surface area contributed by atoms with E-state index < -0.39 is 17.5 Å². The van der Waals surface area contributed by atoms with Gasteiger partial charge >= 0.3 is 12.0 Å². The van der Waals surface area contributed by atoms with Crippen molar-refractivity contribution in [3.63, 3.8) is 0 Å². The first-order chi connectivity index (χ1) is 8.53. The minimum atomic E-state index is -1.12. The number of carbonyl (C=O) groups excluding carboxylic acids is 1. The summed E-state index contributed by atoms with van der Waals surface area (Å²) in [6, 6.07) is 6.22. The lowest BCUT2D eigenvalue weighted by atomic mass is 9.77. The molecule has 2 rings (SSSR count). The predicted octanol–water partition coefficient (Wildman–Crippen LogP) is 2.47. The number of amides is 2. The second kappa shape index (κ2) is 4.86. The zero-order valence-corrected chi connectivity index (χ0v) is 10.3. The van der Waals surface area contributed by atoms with Gasteiger partial charge in [0.25, 0.3) is 0 Å². The summed E-state index contributed by atoms with van der Waals surface area (Å²) in [5.74, 6) is -0.997. The van der Waals surface area contributed by atoms with Gasteiger partial charge in [0.2, 0.25) is 0 Å². The summed E-state index contributed by atoms with van der Waals surface area (Å²) in [7, 11) is 0. The molecule has 0 aromatic heterocycles. The van der Waals surface area contributed by atoms with Gasteiger partial charge in [-0.2, -0.15) is 0 Å². The fourth-order valence-electron chi connectivity index (χ4n) is 1.86. The molecule has 0 unspecified atom stereocenters. The minimum absolute atomic E-state index is 0.408. The number of anilines is 1. The number of carboxylic acids is 1. The van der Waals surface area contributed by atoms with Gasteiger partial charge in [-0.25, -0.2) is 9.59 Å². The lowest BCUT2D eigenvalue weighted by molar-refractivity contribution is -0.148. The van der Waals surface area contributed by atoms with Crippen molar-refractivity contribution >= 4 is 29.3 Å². The topological polar surface area (TPSA) is 78.4 Å². The number of urea groups is 1. The molecule has 0 radical (unpaired) electrons. The average Bonchev–Trinajstić information content (AvgIpc) is 2.26. The number of nitrogens with one attached hydrogen (secondary N) is 2. The monoisotopic (exact) mass is 268 g/mol. The van der Waals surface area contributed by atoms with Gasteiger partial charge in [0.05, 0.1) is 10.7 Å². The number of carboxylic acid groups (broad SMARTS) is 1. The molecule has 3 N–H and O–H groups in total. The van der Waals surface area contributed by atoms with E-state index in [1.54, 1.807) is 24.3 Å². The Kier molecular flexibility index (Phi) is 3.43. The number of carbonyl (C=O) groups is 2. The Bertz CT molecular complexity index is 486. The molecule has 0 saturated heterocycles. The minimum Gasteiger partial charge on any atom is -0.480 e. The lowest BCUT2D eigenvalue weighted by Crippen LogP contribution is -2.60. The van der Waals surface area contributed by atoms with Crippen LogP contribution in [0.4, 0.5) is 10.5 Å². The van der Waals surface area contributed by atoms with Crippen LogP contribution in [0.15, 0.2) is 24.3 Å². The maximum Gasteiger partial charge on any atom is 0.329 e. The summed E-state index contributed by atoms with van der Waals surface area (Å²) in [5, 5.41) is 14.5. The van der Waals surface area contributed by atoms with E-state index in [2.05, 4.69) is 10.6 Å². The average molecular weight is 269 g/mol. The zero-order chi connectivity index (χ0) is 13.2. The molecule has 0 aliphatic heterocycles. The third-order valence-electron chi connectivity index (χ3n) is 3.09. The molecule has 5 nitrogen and oxygen atoms in total. The van der Waals surface area contributed by atoms with Crippen molar-refractivity contribution in [2.45, 2.75) is 24.8 Å². The van der Waals surface area contributed by atoms with Gasteiger partial charge in [-0.15, -0.1) is 0 Å². The third kappa shape index (κ3) is 2.41. The van der Waals surface area contributed by atoms with E-state index in [4.69, 9.17) is 16.7 Å². The zero-order valence-electron chi connectivity index (χ0n) is 9.57. The fourth-order valence-corrected chi connectivity index (χ4v) is 2.04. The molecule has 2 amide bonds. The highest BCUT2D eigenvalue weighted by atomic mass is 35.5. The van der Waals surface area contributed by atoms with Crippen LogP contribution in [0.25, 0.3) is 0 Å². The Morgan fingerprint density at radius 1 is 1.28 bits per heavy atom. The number of halogens is 1. The lowest BCUT2D eigenvalue weighted by Gasteiger charge is -2.38. The van der Waals surface area contributed by atoms with Crippen LogP contribution in [0.2, 0.25) is 5.02 Å². The van der Waals surface area contributed by atoms with E-state index >= 15 is 0 Å². The normalized spacial score (nSPS) is 16.5. The summed E-state index contributed by atoms with van der Waals surface area (Å²) in [6.45, 7) is 0. The van der Waals surface area contributed by atoms with Gasteiger partial charge in [0.15, 0.2) is 0 Å². The maximum absolute atomic E-state index is 11.7. The van der Waals surface area contributed by atoms with Crippen molar-refractivity contribution in [3.8, 4) is 0 Å². The molecule has 1 saturated carbocycles. The Morgan fingerprint density at radius 2 is 1.94 bits per heavy atom. The first kappa shape index (κ1) is 12.7. The quantitative estimate of drug-likeness (QED) is 0.788. The number of rotatable bonds is 3. The highest BCUT2D eigenvalue weighted by molar-refractivity contribution is 6.33. The summed E-state index contributed by atoms with van der Waals surface area (Å²) in [5.41, 5.74) is -0.665. The Morgan fingerprint density at radius 3 is 2.44 bits per heavy atom. The molecule has 18 heavy (non-hydrogen) atoms. The molecule has 0 atom stereocenters. The molecular formula is C12H13ClN2O3. The molecule has 0 spiro atoms. The maximum atomic E-state index is 11.7. The van der Waals surface area contributed by atoms with Crippen molar-refractivity contribution in [3.05, 3.63) is 29.3 Å². The third-order valence-corrected chi connectivity index (χ3v) is 3.42. The second-order valence-corrected chi connectivity index (χ2v) is 4.71.